The fourth-order valence-corrected chi connectivity index (χ4v) is 3.43. The zero-order chi connectivity index (χ0) is 9.64. The summed E-state index contributed by atoms with van der Waals surface area (Å²) in [5.41, 5.74) is 7.89. The van der Waals surface area contributed by atoms with Gasteiger partial charge in [0.25, 0.3) is 0 Å². The molecular formula is C11H17NS. The Morgan fingerprint density at radius 2 is 2.15 bits per heavy atom. The lowest BCUT2D eigenvalue weighted by Crippen LogP contribution is -2.06. The maximum absolute atomic E-state index is 6.07. The fourth-order valence-electron chi connectivity index (χ4n) is 2.09. The molecule has 2 heteroatoms. The smallest absolute Gasteiger partial charge is 0.0180 e. The van der Waals surface area contributed by atoms with E-state index < -0.39 is 0 Å². The molecule has 1 nitrogen and oxygen atoms in total. The Labute approximate surface area is 84.0 Å². The van der Waals surface area contributed by atoms with Crippen LogP contribution in [0.15, 0.2) is 11.4 Å². The molecule has 0 aliphatic heterocycles. The highest BCUT2D eigenvalue weighted by molar-refractivity contribution is 7.10. The van der Waals surface area contributed by atoms with Gasteiger partial charge in [-0.05, 0) is 28.8 Å². The first-order chi connectivity index (χ1) is 6.09. The van der Waals surface area contributed by atoms with Gasteiger partial charge in [0.1, 0.15) is 0 Å². The summed E-state index contributed by atoms with van der Waals surface area (Å²) in [6.07, 6.45) is 1.14. The second-order valence-corrected chi connectivity index (χ2v) is 5.44. The normalized spacial score (nSPS) is 30.5. The van der Waals surface area contributed by atoms with E-state index in [9.17, 15) is 0 Å². The van der Waals surface area contributed by atoms with Gasteiger partial charge in [-0.3, -0.25) is 0 Å². The van der Waals surface area contributed by atoms with Crippen LogP contribution in [0.5, 0.6) is 0 Å². The summed E-state index contributed by atoms with van der Waals surface area (Å²) in [5, 5.41) is 2.19. The van der Waals surface area contributed by atoms with Gasteiger partial charge in [0.2, 0.25) is 0 Å². The van der Waals surface area contributed by atoms with Crippen LogP contribution < -0.4 is 5.73 Å². The Morgan fingerprint density at radius 3 is 2.62 bits per heavy atom. The Hall–Kier alpha value is -0.340. The molecule has 0 radical (unpaired) electrons. The standard InChI is InChI=1S/C11H17NS/c1-4-7-5-6-13-9(7)8-10(12)11(8,2)3/h5-6,8,10H,4,12H2,1-3H3/t8-,10-/m0/s1. The number of thiophene rings is 1. The van der Waals surface area contributed by atoms with Crippen LogP contribution in [-0.2, 0) is 6.42 Å². The maximum Gasteiger partial charge on any atom is 0.0180 e. The van der Waals surface area contributed by atoms with E-state index in [4.69, 9.17) is 5.73 Å². The zero-order valence-corrected chi connectivity index (χ0v) is 9.32. The molecule has 2 atom stereocenters. The monoisotopic (exact) mass is 195 g/mol. The summed E-state index contributed by atoms with van der Waals surface area (Å²) in [6, 6.07) is 2.61. The molecule has 0 bridgehead atoms. The van der Waals surface area contributed by atoms with Gasteiger partial charge < -0.3 is 5.73 Å². The highest BCUT2D eigenvalue weighted by Crippen LogP contribution is 2.59. The first-order valence-corrected chi connectivity index (χ1v) is 5.78. The molecule has 1 aliphatic rings. The molecule has 1 aliphatic carbocycles. The van der Waals surface area contributed by atoms with Crippen LogP contribution in [0.2, 0.25) is 0 Å². The molecule has 1 aromatic heterocycles. The lowest BCUT2D eigenvalue weighted by molar-refractivity contribution is 0.600. The molecule has 1 aromatic rings. The summed E-state index contributed by atoms with van der Waals surface area (Å²) in [6.45, 7) is 6.75. The molecule has 2 N–H and O–H groups in total. The minimum absolute atomic E-state index is 0.328. The van der Waals surface area contributed by atoms with Crippen LogP contribution in [0.4, 0.5) is 0 Å². The van der Waals surface area contributed by atoms with Crippen LogP contribution in [0.1, 0.15) is 37.1 Å². The predicted octanol–water partition coefficient (Wildman–Crippen LogP) is 2.76. The van der Waals surface area contributed by atoms with Crippen LogP contribution in [0.25, 0.3) is 0 Å². The number of hydrogen-bond acceptors (Lipinski definition) is 2. The van der Waals surface area contributed by atoms with Crippen molar-refractivity contribution in [3.8, 4) is 0 Å². The third-order valence-corrected chi connectivity index (χ3v) is 4.40. The highest BCUT2D eigenvalue weighted by atomic mass is 32.1. The number of nitrogens with two attached hydrogens (primary N) is 1. The lowest BCUT2D eigenvalue weighted by atomic mass is 10.1. The van der Waals surface area contributed by atoms with Crippen molar-refractivity contribution < 1.29 is 0 Å². The SMILES string of the molecule is CCc1ccsc1[C@H]1[C@H](N)C1(C)C. The molecule has 2 rings (SSSR count). The van der Waals surface area contributed by atoms with Crippen LogP contribution in [0, 0.1) is 5.41 Å². The van der Waals surface area contributed by atoms with Crippen molar-refractivity contribution >= 4 is 11.3 Å². The average molecular weight is 195 g/mol. The summed E-state index contributed by atoms with van der Waals surface area (Å²) in [4.78, 5) is 1.53. The van der Waals surface area contributed by atoms with Crippen molar-refractivity contribution in [2.75, 3.05) is 0 Å². The zero-order valence-electron chi connectivity index (χ0n) is 8.50. The molecule has 72 valence electrons. The van der Waals surface area contributed by atoms with Crippen molar-refractivity contribution in [3.05, 3.63) is 21.9 Å². The van der Waals surface area contributed by atoms with Gasteiger partial charge in [-0.1, -0.05) is 20.8 Å². The molecule has 13 heavy (non-hydrogen) atoms. The van der Waals surface area contributed by atoms with Gasteiger partial charge in [0.05, 0.1) is 0 Å². The topological polar surface area (TPSA) is 26.0 Å². The summed E-state index contributed by atoms with van der Waals surface area (Å²) in [7, 11) is 0. The third-order valence-electron chi connectivity index (χ3n) is 3.35. The van der Waals surface area contributed by atoms with Gasteiger partial charge in [-0.15, -0.1) is 11.3 Å². The highest BCUT2D eigenvalue weighted by Gasteiger charge is 2.57. The van der Waals surface area contributed by atoms with Gasteiger partial charge in [-0.2, -0.15) is 0 Å². The van der Waals surface area contributed by atoms with E-state index in [1.165, 1.54) is 10.4 Å². The Bertz CT molecular complexity index is 314. The Balaban J connectivity index is 2.28. The van der Waals surface area contributed by atoms with Crippen molar-refractivity contribution in [1.29, 1.82) is 0 Å². The molecule has 0 amide bonds. The lowest BCUT2D eigenvalue weighted by Gasteiger charge is -2.02. The molecule has 0 unspecified atom stereocenters. The Kier molecular flexibility index (Phi) is 2.00. The van der Waals surface area contributed by atoms with Crippen LogP contribution in [0.3, 0.4) is 0 Å². The van der Waals surface area contributed by atoms with Gasteiger partial charge >= 0.3 is 0 Å². The molecule has 0 spiro atoms. The van der Waals surface area contributed by atoms with E-state index in [1.54, 1.807) is 0 Å². The van der Waals surface area contributed by atoms with E-state index in [-0.39, 0.29) is 0 Å². The van der Waals surface area contributed by atoms with Crippen molar-refractivity contribution in [2.45, 2.75) is 39.2 Å². The predicted molar refractivity (Wildman–Crippen MR) is 58.2 cm³/mol. The molecule has 0 saturated heterocycles. The van der Waals surface area contributed by atoms with Gasteiger partial charge in [-0.25, -0.2) is 0 Å². The van der Waals surface area contributed by atoms with Crippen molar-refractivity contribution in [2.24, 2.45) is 11.1 Å². The summed E-state index contributed by atoms with van der Waals surface area (Å²) < 4.78 is 0. The quantitative estimate of drug-likeness (QED) is 0.771. The minimum Gasteiger partial charge on any atom is -0.327 e. The first-order valence-electron chi connectivity index (χ1n) is 4.91. The van der Waals surface area contributed by atoms with Crippen molar-refractivity contribution in [3.63, 3.8) is 0 Å². The second-order valence-electron chi connectivity index (χ2n) is 4.49. The average Bonchev–Trinajstić information content (AvgIpc) is 2.54. The van der Waals surface area contributed by atoms with Gasteiger partial charge in [0, 0.05) is 16.8 Å². The number of aryl methyl sites for hydroxylation is 1. The summed E-state index contributed by atoms with van der Waals surface area (Å²) >= 11 is 1.87. The largest absolute Gasteiger partial charge is 0.327 e. The van der Waals surface area contributed by atoms with E-state index in [0.717, 1.165) is 6.42 Å². The first kappa shape index (κ1) is 9.22. The maximum atomic E-state index is 6.07. The number of rotatable bonds is 2. The molecular weight excluding hydrogens is 178 g/mol. The van der Waals surface area contributed by atoms with Crippen LogP contribution in [-0.4, -0.2) is 6.04 Å². The molecule has 1 saturated carbocycles. The van der Waals surface area contributed by atoms with E-state index in [1.807, 2.05) is 11.3 Å². The second kappa shape index (κ2) is 2.82. The number of hydrogen-bond donors (Lipinski definition) is 1. The molecule has 1 fully saturated rings. The van der Waals surface area contributed by atoms with E-state index >= 15 is 0 Å². The summed E-state index contributed by atoms with van der Waals surface area (Å²) in [5.74, 6) is 0.613. The fraction of sp³-hybridized carbons (Fsp3) is 0.636. The molecule has 1 heterocycles. The van der Waals surface area contributed by atoms with E-state index in [0.29, 0.717) is 17.4 Å². The Morgan fingerprint density at radius 1 is 1.54 bits per heavy atom. The van der Waals surface area contributed by atoms with Gasteiger partial charge in [0.15, 0.2) is 0 Å². The third kappa shape index (κ3) is 1.24. The molecule has 0 aromatic carbocycles. The minimum atomic E-state index is 0.328. The van der Waals surface area contributed by atoms with E-state index in [2.05, 4.69) is 32.2 Å². The van der Waals surface area contributed by atoms with Crippen molar-refractivity contribution in [1.82, 2.24) is 0 Å². The van der Waals surface area contributed by atoms with Crippen LogP contribution >= 0.6 is 11.3 Å².